The number of benzene rings is 1. The Morgan fingerprint density at radius 1 is 1.23 bits per heavy atom. The van der Waals surface area contributed by atoms with Gasteiger partial charge in [-0.15, -0.1) is 0 Å². The molecule has 2 rings (SSSR count). The molecule has 122 valence electrons. The molecule has 0 saturated carbocycles. The second kappa shape index (κ2) is 7.11. The van der Waals surface area contributed by atoms with Crippen LogP contribution in [0.15, 0.2) is 30.3 Å². The van der Waals surface area contributed by atoms with Gasteiger partial charge in [-0.25, -0.2) is 17.5 Å². The highest BCUT2D eigenvalue weighted by Crippen LogP contribution is 2.14. The fourth-order valence-electron chi connectivity index (χ4n) is 2.58. The summed E-state index contributed by atoms with van der Waals surface area (Å²) in [4.78, 5) is 12.0. The van der Waals surface area contributed by atoms with Crippen molar-refractivity contribution in [2.45, 2.75) is 31.8 Å². The number of nitrogens with one attached hydrogen (secondary N) is 2. The molecule has 6 nitrogen and oxygen atoms in total. The Bertz CT molecular complexity index is 596. The third-order valence-electron chi connectivity index (χ3n) is 3.91. The SMILES string of the molecule is C[C@H](NC(=O)NC1CCN(S(C)(=O)=O)CC1)c1ccccc1. The largest absolute Gasteiger partial charge is 0.335 e. The van der Waals surface area contributed by atoms with Crippen LogP contribution in [-0.4, -0.2) is 44.1 Å². The number of piperidine rings is 1. The zero-order valence-electron chi connectivity index (χ0n) is 13.0. The van der Waals surface area contributed by atoms with Crippen molar-refractivity contribution in [1.82, 2.24) is 14.9 Å². The number of hydrogen-bond acceptors (Lipinski definition) is 3. The molecule has 1 aromatic rings. The Kier molecular flexibility index (Phi) is 5.42. The molecule has 7 heteroatoms. The van der Waals surface area contributed by atoms with Crippen molar-refractivity contribution in [2.75, 3.05) is 19.3 Å². The minimum Gasteiger partial charge on any atom is -0.335 e. The summed E-state index contributed by atoms with van der Waals surface area (Å²) in [5.74, 6) is 0. The van der Waals surface area contributed by atoms with E-state index in [0.717, 1.165) is 5.56 Å². The van der Waals surface area contributed by atoms with Crippen LogP contribution in [0.5, 0.6) is 0 Å². The Morgan fingerprint density at radius 2 is 1.82 bits per heavy atom. The highest BCUT2D eigenvalue weighted by molar-refractivity contribution is 7.88. The Balaban J connectivity index is 1.79. The average molecular weight is 325 g/mol. The third-order valence-corrected chi connectivity index (χ3v) is 5.21. The highest BCUT2D eigenvalue weighted by Gasteiger charge is 2.25. The maximum absolute atomic E-state index is 12.0. The lowest BCUT2D eigenvalue weighted by molar-refractivity contribution is 0.225. The molecule has 22 heavy (non-hydrogen) atoms. The van der Waals surface area contributed by atoms with Gasteiger partial charge in [0, 0.05) is 19.1 Å². The number of amides is 2. The van der Waals surface area contributed by atoms with Gasteiger partial charge in [0.25, 0.3) is 0 Å². The topological polar surface area (TPSA) is 78.5 Å². The van der Waals surface area contributed by atoms with E-state index in [-0.39, 0.29) is 18.1 Å². The number of sulfonamides is 1. The van der Waals surface area contributed by atoms with Crippen molar-refractivity contribution in [2.24, 2.45) is 0 Å². The van der Waals surface area contributed by atoms with E-state index in [1.165, 1.54) is 10.6 Å². The number of carbonyl (C=O) groups is 1. The van der Waals surface area contributed by atoms with Gasteiger partial charge in [-0.3, -0.25) is 0 Å². The molecule has 2 N–H and O–H groups in total. The molecule has 0 spiro atoms. The van der Waals surface area contributed by atoms with Crippen LogP contribution in [0.1, 0.15) is 31.4 Å². The van der Waals surface area contributed by atoms with Crippen LogP contribution in [0.4, 0.5) is 4.79 Å². The molecule has 1 fully saturated rings. The van der Waals surface area contributed by atoms with Gasteiger partial charge >= 0.3 is 6.03 Å². The third kappa shape index (κ3) is 4.71. The smallest absolute Gasteiger partial charge is 0.315 e. The standard InChI is InChI=1S/C15H23N3O3S/c1-12(13-6-4-3-5-7-13)16-15(19)17-14-8-10-18(11-9-14)22(2,20)21/h3-7,12,14H,8-11H2,1-2H3,(H2,16,17,19)/t12-/m0/s1. The lowest BCUT2D eigenvalue weighted by Gasteiger charge is -2.31. The van der Waals surface area contributed by atoms with E-state index in [1.807, 2.05) is 37.3 Å². The van der Waals surface area contributed by atoms with Crippen molar-refractivity contribution in [3.63, 3.8) is 0 Å². The molecule has 1 aliphatic heterocycles. The first kappa shape index (κ1) is 16.8. The maximum atomic E-state index is 12.0. The van der Waals surface area contributed by atoms with Gasteiger partial charge in [0.2, 0.25) is 10.0 Å². The van der Waals surface area contributed by atoms with Crippen LogP contribution in [0.3, 0.4) is 0 Å². The molecule has 0 unspecified atom stereocenters. The summed E-state index contributed by atoms with van der Waals surface area (Å²) < 4.78 is 24.3. The zero-order valence-corrected chi connectivity index (χ0v) is 13.8. The summed E-state index contributed by atoms with van der Waals surface area (Å²) in [5.41, 5.74) is 1.05. The fourth-order valence-corrected chi connectivity index (χ4v) is 3.45. The van der Waals surface area contributed by atoms with E-state index in [9.17, 15) is 13.2 Å². The normalized spacial score (nSPS) is 18.6. The van der Waals surface area contributed by atoms with Gasteiger partial charge in [-0.1, -0.05) is 30.3 Å². The van der Waals surface area contributed by atoms with Crippen LogP contribution in [0, 0.1) is 0 Å². The molecule has 0 aliphatic carbocycles. The number of nitrogens with zero attached hydrogens (tertiary/aromatic N) is 1. The number of carbonyl (C=O) groups excluding carboxylic acids is 1. The van der Waals surface area contributed by atoms with Crippen LogP contribution < -0.4 is 10.6 Å². The summed E-state index contributed by atoms with van der Waals surface area (Å²) >= 11 is 0. The average Bonchev–Trinajstić information content (AvgIpc) is 2.47. The predicted molar refractivity (Wildman–Crippen MR) is 86.0 cm³/mol. The van der Waals surface area contributed by atoms with Gasteiger partial charge in [0.05, 0.1) is 12.3 Å². The van der Waals surface area contributed by atoms with Gasteiger partial charge in [0.1, 0.15) is 0 Å². The monoisotopic (exact) mass is 325 g/mol. The van der Waals surface area contributed by atoms with Crippen molar-refractivity contribution in [1.29, 1.82) is 0 Å². The van der Waals surface area contributed by atoms with Gasteiger partial charge in [0.15, 0.2) is 0 Å². The van der Waals surface area contributed by atoms with Crippen LogP contribution in [0.2, 0.25) is 0 Å². The summed E-state index contributed by atoms with van der Waals surface area (Å²) in [6.07, 6.45) is 2.50. The van der Waals surface area contributed by atoms with E-state index in [2.05, 4.69) is 10.6 Å². The van der Waals surface area contributed by atoms with E-state index in [1.54, 1.807) is 0 Å². The molecule has 1 saturated heterocycles. The van der Waals surface area contributed by atoms with E-state index < -0.39 is 10.0 Å². The second-order valence-corrected chi connectivity index (χ2v) is 7.67. The summed E-state index contributed by atoms with van der Waals surface area (Å²) in [6.45, 7) is 2.84. The fraction of sp³-hybridized carbons (Fsp3) is 0.533. The number of rotatable bonds is 4. The molecule has 2 amide bonds. The molecule has 1 atom stereocenters. The van der Waals surface area contributed by atoms with Crippen LogP contribution in [0.25, 0.3) is 0 Å². The first-order valence-corrected chi connectivity index (χ1v) is 9.28. The van der Waals surface area contributed by atoms with Gasteiger partial charge in [-0.2, -0.15) is 0 Å². The molecule has 1 heterocycles. The summed E-state index contributed by atoms with van der Waals surface area (Å²) in [5, 5.41) is 5.82. The molecule has 1 aliphatic rings. The van der Waals surface area contributed by atoms with Crippen molar-refractivity contribution in [3.8, 4) is 0 Å². The second-order valence-electron chi connectivity index (χ2n) is 5.69. The number of hydrogen-bond donors (Lipinski definition) is 2. The van der Waals surface area contributed by atoms with Crippen molar-refractivity contribution < 1.29 is 13.2 Å². The predicted octanol–water partition coefficient (Wildman–Crippen LogP) is 1.47. The van der Waals surface area contributed by atoms with Gasteiger partial charge in [-0.05, 0) is 25.3 Å². The lowest BCUT2D eigenvalue weighted by Crippen LogP contribution is -2.49. The van der Waals surface area contributed by atoms with Crippen molar-refractivity contribution >= 4 is 16.1 Å². The molecular weight excluding hydrogens is 302 g/mol. The number of urea groups is 1. The van der Waals surface area contributed by atoms with E-state index >= 15 is 0 Å². The van der Waals surface area contributed by atoms with E-state index in [0.29, 0.717) is 25.9 Å². The molecule has 0 aromatic heterocycles. The van der Waals surface area contributed by atoms with Crippen LogP contribution >= 0.6 is 0 Å². The quantitative estimate of drug-likeness (QED) is 0.880. The Morgan fingerprint density at radius 3 is 2.36 bits per heavy atom. The minimum atomic E-state index is -3.13. The zero-order chi connectivity index (χ0) is 16.2. The van der Waals surface area contributed by atoms with Crippen LogP contribution in [-0.2, 0) is 10.0 Å². The van der Waals surface area contributed by atoms with Gasteiger partial charge < -0.3 is 10.6 Å². The highest BCUT2D eigenvalue weighted by atomic mass is 32.2. The molecular formula is C15H23N3O3S. The molecule has 0 radical (unpaired) electrons. The Hall–Kier alpha value is -1.60. The summed E-state index contributed by atoms with van der Waals surface area (Å²) in [7, 11) is -3.13. The maximum Gasteiger partial charge on any atom is 0.315 e. The Labute approximate surface area is 131 Å². The van der Waals surface area contributed by atoms with Crippen molar-refractivity contribution in [3.05, 3.63) is 35.9 Å². The molecule has 0 bridgehead atoms. The van der Waals surface area contributed by atoms with E-state index in [4.69, 9.17) is 0 Å². The lowest BCUT2D eigenvalue weighted by atomic mass is 10.1. The summed E-state index contributed by atoms with van der Waals surface area (Å²) in [6, 6.07) is 9.47. The minimum absolute atomic E-state index is 0.0148. The first-order chi connectivity index (χ1) is 10.4. The first-order valence-electron chi connectivity index (χ1n) is 7.43. The molecule has 1 aromatic carbocycles.